The summed E-state index contributed by atoms with van der Waals surface area (Å²) in [5.41, 5.74) is 4.34. The van der Waals surface area contributed by atoms with Crippen LogP contribution in [-0.4, -0.2) is 46.7 Å². The van der Waals surface area contributed by atoms with Crippen molar-refractivity contribution in [1.29, 1.82) is 0 Å². The van der Waals surface area contributed by atoms with Crippen LogP contribution in [-0.2, 0) is 29.6 Å². The van der Waals surface area contributed by atoms with E-state index in [-0.39, 0.29) is 11.8 Å². The Bertz CT molecular complexity index is 937. The van der Waals surface area contributed by atoms with Gasteiger partial charge in [0.1, 0.15) is 5.75 Å². The number of carbonyl (C=O) groups excluding carboxylic acids is 2. The Hall–Kier alpha value is -2.83. The molecule has 0 spiro atoms. The standard InChI is InChI=1S/C25H36N4O3/c1-18-23(19(2)28(3)27-18)11-13-25(31)29-14-6-8-20(17-29)10-12-24(30)26-16-21-7-5-9-22(15-21)32-4/h5,7,9,15,20H,6,8,10-14,16-17H2,1-4H3,(H,26,30)/t20-/m1/s1. The normalized spacial score (nSPS) is 16.1. The molecule has 1 aliphatic heterocycles. The highest BCUT2D eigenvalue weighted by molar-refractivity contribution is 5.77. The Labute approximate surface area is 191 Å². The minimum atomic E-state index is 0.0544. The number of aryl methyl sites for hydroxylation is 2. The van der Waals surface area contributed by atoms with Crippen LogP contribution in [0.1, 0.15) is 54.6 Å². The van der Waals surface area contributed by atoms with Crippen molar-refractivity contribution in [1.82, 2.24) is 20.0 Å². The van der Waals surface area contributed by atoms with E-state index in [1.807, 2.05) is 47.8 Å². The molecule has 7 heteroatoms. The van der Waals surface area contributed by atoms with Gasteiger partial charge in [-0.25, -0.2) is 0 Å². The number of ether oxygens (including phenoxy) is 1. The van der Waals surface area contributed by atoms with Crippen LogP contribution in [0.15, 0.2) is 24.3 Å². The molecule has 2 heterocycles. The van der Waals surface area contributed by atoms with Crippen LogP contribution >= 0.6 is 0 Å². The number of nitrogens with one attached hydrogen (secondary N) is 1. The third-order valence-electron chi connectivity index (χ3n) is 6.52. The average molecular weight is 441 g/mol. The van der Waals surface area contributed by atoms with Gasteiger partial charge in [-0.2, -0.15) is 5.10 Å². The maximum atomic E-state index is 12.8. The fraction of sp³-hybridized carbons (Fsp3) is 0.560. The predicted octanol–water partition coefficient (Wildman–Crippen LogP) is 3.31. The predicted molar refractivity (Wildman–Crippen MR) is 124 cm³/mol. The molecule has 32 heavy (non-hydrogen) atoms. The lowest BCUT2D eigenvalue weighted by Crippen LogP contribution is -2.40. The molecule has 174 valence electrons. The van der Waals surface area contributed by atoms with Gasteiger partial charge in [-0.3, -0.25) is 14.3 Å². The lowest BCUT2D eigenvalue weighted by atomic mass is 9.93. The molecule has 0 radical (unpaired) electrons. The molecular formula is C25H36N4O3. The second-order valence-corrected chi connectivity index (χ2v) is 8.79. The highest BCUT2D eigenvalue weighted by atomic mass is 16.5. The highest BCUT2D eigenvalue weighted by Gasteiger charge is 2.24. The smallest absolute Gasteiger partial charge is 0.222 e. The molecule has 0 bridgehead atoms. The van der Waals surface area contributed by atoms with Crippen LogP contribution < -0.4 is 10.1 Å². The number of hydrogen-bond acceptors (Lipinski definition) is 4. The largest absolute Gasteiger partial charge is 0.497 e. The number of methoxy groups -OCH3 is 1. The van der Waals surface area contributed by atoms with Crippen LogP contribution in [0, 0.1) is 19.8 Å². The van der Waals surface area contributed by atoms with Crippen molar-refractivity contribution in [3.05, 3.63) is 46.8 Å². The van der Waals surface area contributed by atoms with Crippen molar-refractivity contribution >= 4 is 11.8 Å². The van der Waals surface area contributed by atoms with E-state index in [1.54, 1.807) is 7.11 Å². The van der Waals surface area contributed by atoms with Gasteiger partial charge in [0.15, 0.2) is 0 Å². The van der Waals surface area contributed by atoms with E-state index in [1.165, 1.54) is 5.56 Å². The molecule has 1 aromatic heterocycles. The van der Waals surface area contributed by atoms with Gasteiger partial charge in [0, 0.05) is 45.2 Å². The van der Waals surface area contributed by atoms with Crippen LogP contribution in [0.4, 0.5) is 0 Å². The molecule has 1 atom stereocenters. The number of amides is 2. The first kappa shape index (κ1) is 23.8. The van der Waals surface area contributed by atoms with Crippen molar-refractivity contribution in [3.63, 3.8) is 0 Å². The fourth-order valence-electron chi connectivity index (χ4n) is 4.50. The molecule has 1 aromatic carbocycles. The van der Waals surface area contributed by atoms with Gasteiger partial charge in [-0.15, -0.1) is 0 Å². The highest BCUT2D eigenvalue weighted by Crippen LogP contribution is 2.23. The molecule has 1 fully saturated rings. The molecule has 1 N–H and O–H groups in total. The molecular weight excluding hydrogens is 404 g/mol. The molecule has 7 nitrogen and oxygen atoms in total. The third kappa shape index (κ3) is 6.34. The topological polar surface area (TPSA) is 76.5 Å². The SMILES string of the molecule is COc1cccc(CNC(=O)CC[C@H]2CCCN(C(=O)CCc3c(C)nn(C)c3C)C2)c1. The lowest BCUT2D eigenvalue weighted by molar-refractivity contribution is -0.133. The Morgan fingerprint density at radius 2 is 2.06 bits per heavy atom. The minimum absolute atomic E-state index is 0.0544. The number of rotatable bonds is 9. The Kier molecular flexibility index (Phi) is 8.31. The van der Waals surface area contributed by atoms with Crippen LogP contribution in [0.3, 0.4) is 0 Å². The summed E-state index contributed by atoms with van der Waals surface area (Å²) in [5, 5.41) is 7.44. The summed E-state index contributed by atoms with van der Waals surface area (Å²) in [7, 11) is 3.58. The first-order valence-electron chi connectivity index (χ1n) is 11.5. The van der Waals surface area contributed by atoms with Gasteiger partial charge < -0.3 is 15.0 Å². The third-order valence-corrected chi connectivity index (χ3v) is 6.52. The van der Waals surface area contributed by atoms with Gasteiger partial charge >= 0.3 is 0 Å². The van der Waals surface area contributed by atoms with Gasteiger partial charge in [0.05, 0.1) is 12.8 Å². The Morgan fingerprint density at radius 3 is 2.78 bits per heavy atom. The summed E-state index contributed by atoms with van der Waals surface area (Å²) in [4.78, 5) is 27.1. The number of likely N-dealkylation sites (tertiary alicyclic amines) is 1. The summed E-state index contributed by atoms with van der Waals surface area (Å²) in [6.07, 6.45) is 4.64. The molecule has 2 aromatic rings. The number of aromatic nitrogens is 2. The van der Waals surface area contributed by atoms with Gasteiger partial charge in [0.25, 0.3) is 0 Å². The summed E-state index contributed by atoms with van der Waals surface area (Å²) in [6.45, 7) is 6.13. The molecule has 3 rings (SSSR count). The Balaban J connectivity index is 1.41. The number of carbonyl (C=O) groups is 2. The summed E-state index contributed by atoms with van der Waals surface area (Å²) >= 11 is 0. The summed E-state index contributed by atoms with van der Waals surface area (Å²) < 4.78 is 7.10. The molecule has 1 aliphatic rings. The molecule has 0 unspecified atom stereocenters. The number of hydrogen-bond donors (Lipinski definition) is 1. The van der Waals surface area contributed by atoms with Gasteiger partial charge in [-0.1, -0.05) is 12.1 Å². The monoisotopic (exact) mass is 440 g/mol. The van der Waals surface area contributed by atoms with E-state index in [4.69, 9.17) is 4.74 Å². The maximum Gasteiger partial charge on any atom is 0.222 e. The maximum absolute atomic E-state index is 12.8. The molecule has 2 amide bonds. The van der Waals surface area contributed by atoms with E-state index in [0.29, 0.717) is 25.3 Å². The van der Waals surface area contributed by atoms with Crippen molar-refractivity contribution in [2.75, 3.05) is 20.2 Å². The first-order valence-corrected chi connectivity index (χ1v) is 11.5. The second-order valence-electron chi connectivity index (χ2n) is 8.79. The van der Waals surface area contributed by atoms with Crippen LogP contribution in [0.5, 0.6) is 5.75 Å². The van der Waals surface area contributed by atoms with Crippen LogP contribution in [0.2, 0.25) is 0 Å². The van der Waals surface area contributed by atoms with Gasteiger partial charge in [0.2, 0.25) is 11.8 Å². The molecule has 0 aliphatic carbocycles. The van der Waals surface area contributed by atoms with E-state index in [2.05, 4.69) is 17.3 Å². The van der Waals surface area contributed by atoms with E-state index in [9.17, 15) is 9.59 Å². The van der Waals surface area contributed by atoms with E-state index in [0.717, 1.165) is 61.5 Å². The van der Waals surface area contributed by atoms with Crippen molar-refractivity contribution < 1.29 is 14.3 Å². The van der Waals surface area contributed by atoms with Gasteiger partial charge in [-0.05, 0) is 68.7 Å². The zero-order valence-electron chi connectivity index (χ0n) is 19.8. The number of piperidine rings is 1. The molecule has 0 saturated carbocycles. The quantitative estimate of drug-likeness (QED) is 0.649. The Morgan fingerprint density at radius 1 is 1.25 bits per heavy atom. The second kappa shape index (κ2) is 11.2. The first-order chi connectivity index (χ1) is 15.4. The van der Waals surface area contributed by atoms with Crippen molar-refractivity contribution in [3.8, 4) is 5.75 Å². The number of nitrogens with zero attached hydrogens (tertiary/aromatic N) is 3. The fourth-order valence-corrected chi connectivity index (χ4v) is 4.50. The average Bonchev–Trinajstić information content (AvgIpc) is 3.05. The summed E-state index contributed by atoms with van der Waals surface area (Å²) in [6, 6.07) is 7.71. The zero-order valence-corrected chi connectivity index (χ0v) is 19.8. The zero-order chi connectivity index (χ0) is 23.1. The minimum Gasteiger partial charge on any atom is -0.497 e. The van der Waals surface area contributed by atoms with E-state index < -0.39 is 0 Å². The molecule has 1 saturated heterocycles. The van der Waals surface area contributed by atoms with Crippen LogP contribution in [0.25, 0.3) is 0 Å². The number of benzene rings is 1. The van der Waals surface area contributed by atoms with E-state index >= 15 is 0 Å². The van der Waals surface area contributed by atoms with Crippen molar-refractivity contribution in [2.45, 2.75) is 58.9 Å². The van der Waals surface area contributed by atoms with Crippen molar-refractivity contribution in [2.24, 2.45) is 13.0 Å². The summed E-state index contributed by atoms with van der Waals surface area (Å²) in [5.74, 6) is 1.44. The lowest BCUT2D eigenvalue weighted by Gasteiger charge is -2.33.